The molecular formula is C19H32ClN3O3. The van der Waals surface area contributed by atoms with Crippen molar-refractivity contribution in [2.45, 2.75) is 46.6 Å². The molecule has 0 aromatic carbocycles. The highest BCUT2D eigenvalue weighted by Crippen LogP contribution is 2.26. The van der Waals surface area contributed by atoms with Crippen LogP contribution in [0.15, 0.2) is 10.5 Å². The number of likely N-dealkylation sites (tertiary alicyclic amines) is 1. The fraction of sp³-hybridized carbons (Fsp3) is 0.684. The molecule has 1 aliphatic rings. The first-order chi connectivity index (χ1) is 11.7. The monoisotopic (exact) mass is 385 g/mol. The Labute approximate surface area is 162 Å². The topological polar surface area (TPSA) is 74.6 Å². The fourth-order valence-corrected chi connectivity index (χ4v) is 3.41. The zero-order valence-electron chi connectivity index (χ0n) is 16.6. The number of carbonyl (C=O) groups excluding carboxylic acids is 2. The van der Waals surface area contributed by atoms with E-state index in [1.807, 2.05) is 26.8 Å². The summed E-state index contributed by atoms with van der Waals surface area (Å²) in [6.07, 6.45) is 0. The molecule has 2 atom stereocenters. The van der Waals surface area contributed by atoms with Crippen LogP contribution >= 0.6 is 12.4 Å². The van der Waals surface area contributed by atoms with Gasteiger partial charge in [0.05, 0.1) is 12.1 Å². The van der Waals surface area contributed by atoms with Crippen molar-refractivity contribution in [3.63, 3.8) is 0 Å². The van der Waals surface area contributed by atoms with Crippen LogP contribution in [-0.2, 0) is 4.79 Å². The minimum atomic E-state index is -0.0920. The van der Waals surface area contributed by atoms with Gasteiger partial charge in [-0.2, -0.15) is 0 Å². The number of amides is 2. The van der Waals surface area contributed by atoms with E-state index in [9.17, 15) is 9.59 Å². The van der Waals surface area contributed by atoms with Crippen molar-refractivity contribution >= 4 is 24.2 Å². The van der Waals surface area contributed by atoms with Crippen LogP contribution < -0.4 is 10.6 Å². The number of carbonyl (C=O) groups is 2. The molecule has 0 aliphatic carbocycles. The summed E-state index contributed by atoms with van der Waals surface area (Å²) >= 11 is 0. The predicted octanol–water partition coefficient (Wildman–Crippen LogP) is 2.57. The molecule has 0 spiro atoms. The maximum atomic E-state index is 12.7. The van der Waals surface area contributed by atoms with Crippen LogP contribution in [-0.4, -0.2) is 49.4 Å². The van der Waals surface area contributed by atoms with Gasteiger partial charge in [-0.3, -0.25) is 14.5 Å². The summed E-state index contributed by atoms with van der Waals surface area (Å²) in [6.45, 7) is 12.1. The van der Waals surface area contributed by atoms with Crippen LogP contribution in [0, 0.1) is 18.8 Å². The van der Waals surface area contributed by atoms with Gasteiger partial charge in [0, 0.05) is 32.1 Å². The maximum Gasteiger partial charge on any atom is 0.255 e. The molecule has 7 heteroatoms. The summed E-state index contributed by atoms with van der Waals surface area (Å²) in [5, 5.41) is 5.83. The van der Waals surface area contributed by atoms with Gasteiger partial charge in [0.15, 0.2) is 0 Å². The minimum Gasteiger partial charge on any atom is -0.465 e. The van der Waals surface area contributed by atoms with E-state index in [1.54, 1.807) is 7.05 Å². The molecule has 1 aromatic rings. The number of nitrogens with zero attached hydrogens (tertiary/aromatic N) is 1. The summed E-state index contributed by atoms with van der Waals surface area (Å²) in [6, 6.07) is 1.88. The van der Waals surface area contributed by atoms with Crippen LogP contribution in [0.5, 0.6) is 0 Å². The van der Waals surface area contributed by atoms with E-state index in [0.717, 1.165) is 12.3 Å². The minimum absolute atomic E-state index is 0. The smallest absolute Gasteiger partial charge is 0.255 e. The van der Waals surface area contributed by atoms with Crippen molar-refractivity contribution in [1.82, 2.24) is 15.5 Å². The molecule has 0 saturated carbocycles. The van der Waals surface area contributed by atoms with Crippen molar-refractivity contribution in [3.8, 4) is 0 Å². The molecule has 1 fully saturated rings. The van der Waals surface area contributed by atoms with E-state index in [-0.39, 0.29) is 36.2 Å². The predicted molar refractivity (Wildman–Crippen MR) is 105 cm³/mol. The van der Waals surface area contributed by atoms with Gasteiger partial charge in [-0.25, -0.2) is 0 Å². The van der Waals surface area contributed by atoms with Crippen molar-refractivity contribution in [3.05, 3.63) is 23.2 Å². The third kappa shape index (κ3) is 5.24. The second kappa shape index (κ2) is 9.42. The Hall–Kier alpha value is -1.53. The number of hydrogen-bond donors (Lipinski definition) is 2. The maximum absolute atomic E-state index is 12.7. The molecule has 26 heavy (non-hydrogen) atoms. The van der Waals surface area contributed by atoms with Gasteiger partial charge >= 0.3 is 0 Å². The van der Waals surface area contributed by atoms with Crippen LogP contribution in [0.2, 0.25) is 0 Å². The van der Waals surface area contributed by atoms with E-state index in [0.29, 0.717) is 36.2 Å². The third-order valence-corrected chi connectivity index (χ3v) is 5.01. The number of nitrogens with one attached hydrogen (secondary N) is 2. The van der Waals surface area contributed by atoms with Gasteiger partial charge in [-0.15, -0.1) is 12.4 Å². The van der Waals surface area contributed by atoms with E-state index in [1.165, 1.54) is 0 Å². The Bertz CT molecular complexity index is 628. The first kappa shape index (κ1) is 22.5. The van der Waals surface area contributed by atoms with Gasteiger partial charge in [0.1, 0.15) is 11.5 Å². The zero-order chi connectivity index (χ0) is 18.7. The highest BCUT2D eigenvalue weighted by molar-refractivity contribution is 5.95. The standard InChI is InChI=1S/C19H31N3O3.ClH/c1-11(2)15-8-22(10-18(23)20-6)9-16(15)21-19(24)14-7-17(12(3)4)25-13(14)5;/h7,11-12,15-16H,8-10H2,1-6H3,(H,20,23)(H,21,24);1H/t15-,16+;/m1./s1. The molecular weight excluding hydrogens is 354 g/mol. The SMILES string of the molecule is CNC(=O)CN1C[C@H](NC(=O)c2cc(C(C)C)oc2C)[C@@H](C(C)C)C1.Cl. The Morgan fingerprint density at radius 3 is 2.42 bits per heavy atom. The lowest BCUT2D eigenvalue weighted by Crippen LogP contribution is -2.42. The molecule has 0 bridgehead atoms. The average Bonchev–Trinajstić information content (AvgIpc) is 3.11. The average molecular weight is 386 g/mol. The molecule has 2 amide bonds. The summed E-state index contributed by atoms with van der Waals surface area (Å²) in [5.74, 6) is 2.39. The fourth-order valence-electron chi connectivity index (χ4n) is 3.41. The molecule has 2 N–H and O–H groups in total. The molecule has 2 heterocycles. The van der Waals surface area contributed by atoms with Crippen LogP contribution in [0.3, 0.4) is 0 Å². The quantitative estimate of drug-likeness (QED) is 0.789. The van der Waals surface area contributed by atoms with Gasteiger partial charge in [-0.1, -0.05) is 27.7 Å². The first-order valence-electron chi connectivity index (χ1n) is 9.07. The lowest BCUT2D eigenvalue weighted by atomic mass is 9.91. The molecule has 1 aromatic heterocycles. The normalized spacial score (nSPS) is 20.3. The lowest BCUT2D eigenvalue weighted by molar-refractivity contribution is -0.121. The number of aryl methyl sites for hydroxylation is 1. The first-order valence-corrected chi connectivity index (χ1v) is 9.07. The van der Waals surface area contributed by atoms with Crippen molar-refractivity contribution in [2.75, 3.05) is 26.7 Å². The molecule has 0 radical (unpaired) electrons. The number of furan rings is 1. The van der Waals surface area contributed by atoms with E-state index >= 15 is 0 Å². The number of hydrogen-bond acceptors (Lipinski definition) is 4. The summed E-state index contributed by atoms with van der Waals surface area (Å²) in [4.78, 5) is 26.5. The number of likely N-dealkylation sites (N-methyl/N-ethyl adjacent to an activating group) is 1. The third-order valence-electron chi connectivity index (χ3n) is 5.01. The van der Waals surface area contributed by atoms with Crippen LogP contribution in [0.4, 0.5) is 0 Å². The van der Waals surface area contributed by atoms with Gasteiger partial charge < -0.3 is 15.1 Å². The van der Waals surface area contributed by atoms with Crippen LogP contribution in [0.25, 0.3) is 0 Å². The van der Waals surface area contributed by atoms with Crippen molar-refractivity contribution < 1.29 is 14.0 Å². The lowest BCUT2D eigenvalue weighted by Gasteiger charge is -2.22. The van der Waals surface area contributed by atoms with E-state index in [2.05, 4.69) is 29.4 Å². The molecule has 1 aliphatic heterocycles. The Balaban J connectivity index is 0.00000338. The Kier molecular flexibility index (Phi) is 8.15. The highest BCUT2D eigenvalue weighted by atomic mass is 35.5. The molecule has 0 unspecified atom stereocenters. The summed E-state index contributed by atoms with van der Waals surface area (Å²) in [5.41, 5.74) is 0.607. The summed E-state index contributed by atoms with van der Waals surface area (Å²) < 4.78 is 5.70. The number of rotatable bonds is 6. The molecule has 2 rings (SSSR count). The van der Waals surface area contributed by atoms with Gasteiger partial charge in [-0.05, 0) is 24.8 Å². The van der Waals surface area contributed by atoms with Crippen molar-refractivity contribution in [2.24, 2.45) is 11.8 Å². The largest absolute Gasteiger partial charge is 0.465 e. The molecule has 1 saturated heterocycles. The second-order valence-electron chi connectivity index (χ2n) is 7.63. The van der Waals surface area contributed by atoms with E-state index in [4.69, 9.17) is 4.42 Å². The van der Waals surface area contributed by atoms with E-state index < -0.39 is 0 Å². The second-order valence-corrected chi connectivity index (χ2v) is 7.63. The van der Waals surface area contributed by atoms with Gasteiger partial charge in [0.25, 0.3) is 5.91 Å². The van der Waals surface area contributed by atoms with Crippen LogP contribution in [0.1, 0.15) is 55.5 Å². The number of halogens is 1. The molecule has 6 nitrogen and oxygen atoms in total. The zero-order valence-corrected chi connectivity index (χ0v) is 17.4. The van der Waals surface area contributed by atoms with Gasteiger partial charge in [0.2, 0.25) is 5.91 Å². The Morgan fingerprint density at radius 2 is 1.92 bits per heavy atom. The molecule has 148 valence electrons. The van der Waals surface area contributed by atoms with Crippen molar-refractivity contribution in [1.29, 1.82) is 0 Å². The highest BCUT2D eigenvalue weighted by Gasteiger charge is 2.36. The summed E-state index contributed by atoms with van der Waals surface area (Å²) in [7, 11) is 1.64. The Morgan fingerprint density at radius 1 is 1.27 bits per heavy atom.